The van der Waals surface area contributed by atoms with Gasteiger partial charge in [0.1, 0.15) is 0 Å². The van der Waals surface area contributed by atoms with Gasteiger partial charge in [-0.2, -0.15) is 0 Å². The first-order valence-electron chi connectivity index (χ1n) is 7.01. The third-order valence-electron chi connectivity index (χ3n) is 4.31. The minimum Gasteiger partial charge on any atom is -0.396 e. The molecule has 2 N–H and O–H groups in total. The van der Waals surface area contributed by atoms with Gasteiger partial charge >= 0.3 is 0 Å². The van der Waals surface area contributed by atoms with E-state index < -0.39 is 0 Å². The molecule has 0 spiro atoms. The number of amides is 1. The molecule has 0 radical (unpaired) electrons. The lowest BCUT2D eigenvalue weighted by Crippen LogP contribution is -2.44. The summed E-state index contributed by atoms with van der Waals surface area (Å²) in [6, 6.07) is 2.07. The topological polar surface area (TPSA) is 49.3 Å². The molecule has 1 aliphatic rings. The Hall–Kier alpha value is -0.870. The van der Waals surface area contributed by atoms with E-state index in [1.165, 1.54) is 10.4 Å². The van der Waals surface area contributed by atoms with Crippen LogP contribution in [0.5, 0.6) is 0 Å². The Bertz CT molecular complexity index is 469. The van der Waals surface area contributed by atoms with Gasteiger partial charge in [-0.3, -0.25) is 4.79 Å². The Morgan fingerprint density at radius 3 is 2.95 bits per heavy atom. The van der Waals surface area contributed by atoms with Gasteiger partial charge < -0.3 is 10.4 Å². The van der Waals surface area contributed by atoms with Gasteiger partial charge in [0.05, 0.1) is 11.5 Å². The van der Waals surface area contributed by atoms with Crippen molar-refractivity contribution in [2.45, 2.75) is 52.5 Å². The Balaban J connectivity index is 2.08. The maximum Gasteiger partial charge on any atom is 0.261 e. The number of hydrogen-bond acceptors (Lipinski definition) is 3. The standard InChI is InChI=1S/C15H23NO2S/c1-4-11-10(2)8-12(19-11)14(18)16-13-6-5-7-15(13,3)9-17/h8,13,17H,4-7,9H2,1-3H3,(H,16,18). The number of rotatable bonds is 4. The minimum absolute atomic E-state index is 0.0133. The minimum atomic E-state index is -0.157. The van der Waals surface area contributed by atoms with Crippen molar-refractivity contribution < 1.29 is 9.90 Å². The molecule has 1 heterocycles. The Kier molecular flexibility index (Phi) is 4.31. The third kappa shape index (κ3) is 2.84. The van der Waals surface area contributed by atoms with E-state index in [-0.39, 0.29) is 24.0 Å². The van der Waals surface area contributed by atoms with Gasteiger partial charge in [-0.05, 0) is 37.8 Å². The quantitative estimate of drug-likeness (QED) is 0.891. The molecule has 1 saturated carbocycles. The maximum atomic E-state index is 12.3. The monoisotopic (exact) mass is 281 g/mol. The zero-order valence-corrected chi connectivity index (χ0v) is 12.8. The SMILES string of the molecule is CCc1sc(C(=O)NC2CCCC2(C)CO)cc1C. The normalized spacial score (nSPS) is 26.6. The van der Waals surface area contributed by atoms with Crippen LogP contribution < -0.4 is 5.32 Å². The number of carbonyl (C=O) groups is 1. The van der Waals surface area contributed by atoms with Crippen LogP contribution in [-0.2, 0) is 6.42 Å². The molecule has 0 bridgehead atoms. The molecular formula is C15H23NO2S. The molecule has 1 aromatic heterocycles. The van der Waals surface area contributed by atoms with Gasteiger partial charge in [0.2, 0.25) is 0 Å². The number of aliphatic hydroxyl groups excluding tert-OH is 1. The smallest absolute Gasteiger partial charge is 0.261 e. The van der Waals surface area contributed by atoms with E-state index in [1.807, 2.05) is 6.07 Å². The number of aryl methyl sites for hydroxylation is 2. The summed E-state index contributed by atoms with van der Waals surface area (Å²) in [6.45, 7) is 6.36. The molecule has 1 aromatic rings. The molecule has 2 rings (SSSR count). The predicted molar refractivity (Wildman–Crippen MR) is 78.7 cm³/mol. The number of thiophene rings is 1. The molecule has 2 atom stereocenters. The molecule has 0 aliphatic heterocycles. The Morgan fingerprint density at radius 2 is 2.37 bits per heavy atom. The molecule has 1 amide bonds. The lowest BCUT2D eigenvalue weighted by atomic mass is 9.86. The van der Waals surface area contributed by atoms with Crippen molar-refractivity contribution in [3.63, 3.8) is 0 Å². The fraction of sp³-hybridized carbons (Fsp3) is 0.667. The molecule has 106 valence electrons. The van der Waals surface area contributed by atoms with Crippen molar-refractivity contribution in [2.24, 2.45) is 5.41 Å². The summed E-state index contributed by atoms with van der Waals surface area (Å²) in [5.41, 5.74) is 1.05. The van der Waals surface area contributed by atoms with Crippen LogP contribution in [0.2, 0.25) is 0 Å². The summed E-state index contributed by atoms with van der Waals surface area (Å²) in [7, 11) is 0. The van der Waals surface area contributed by atoms with Crippen LogP contribution in [0.25, 0.3) is 0 Å². The second kappa shape index (κ2) is 5.63. The van der Waals surface area contributed by atoms with Gasteiger partial charge in [-0.15, -0.1) is 11.3 Å². The third-order valence-corrected chi connectivity index (χ3v) is 5.69. The van der Waals surface area contributed by atoms with Crippen LogP contribution in [0.4, 0.5) is 0 Å². The summed E-state index contributed by atoms with van der Waals surface area (Å²) < 4.78 is 0. The van der Waals surface area contributed by atoms with E-state index >= 15 is 0 Å². The summed E-state index contributed by atoms with van der Waals surface area (Å²) >= 11 is 1.58. The van der Waals surface area contributed by atoms with E-state index in [1.54, 1.807) is 11.3 Å². The highest BCUT2D eigenvalue weighted by molar-refractivity contribution is 7.14. The van der Waals surface area contributed by atoms with E-state index in [2.05, 4.69) is 26.1 Å². The summed E-state index contributed by atoms with van der Waals surface area (Å²) in [4.78, 5) is 14.4. The van der Waals surface area contributed by atoms with Gasteiger partial charge in [-0.1, -0.05) is 20.3 Å². The van der Waals surface area contributed by atoms with Crippen molar-refractivity contribution in [1.82, 2.24) is 5.32 Å². The molecule has 0 aromatic carbocycles. The number of nitrogens with one attached hydrogen (secondary N) is 1. The van der Waals surface area contributed by atoms with Crippen LogP contribution in [0.1, 0.15) is 53.2 Å². The second-order valence-corrected chi connectivity index (χ2v) is 6.94. The summed E-state index contributed by atoms with van der Waals surface area (Å²) in [6.07, 6.45) is 4.00. The lowest BCUT2D eigenvalue weighted by Gasteiger charge is -2.29. The van der Waals surface area contributed by atoms with Crippen molar-refractivity contribution in [3.05, 3.63) is 21.4 Å². The Morgan fingerprint density at radius 1 is 1.63 bits per heavy atom. The van der Waals surface area contributed by atoms with Crippen LogP contribution in [-0.4, -0.2) is 23.7 Å². The average Bonchev–Trinajstić information content (AvgIpc) is 2.94. The molecular weight excluding hydrogens is 258 g/mol. The molecule has 3 nitrogen and oxygen atoms in total. The first-order chi connectivity index (χ1) is 9.00. The largest absolute Gasteiger partial charge is 0.396 e. The Labute approximate surface area is 119 Å². The first kappa shape index (κ1) is 14.5. The van der Waals surface area contributed by atoms with Crippen LogP contribution in [0, 0.1) is 12.3 Å². The van der Waals surface area contributed by atoms with Crippen LogP contribution in [0.3, 0.4) is 0 Å². The highest BCUT2D eigenvalue weighted by Gasteiger charge is 2.39. The van der Waals surface area contributed by atoms with Gasteiger partial charge in [0.15, 0.2) is 0 Å². The van der Waals surface area contributed by atoms with E-state index in [0.717, 1.165) is 30.6 Å². The van der Waals surface area contributed by atoms with Gasteiger partial charge in [0.25, 0.3) is 5.91 Å². The zero-order chi connectivity index (χ0) is 14.0. The van der Waals surface area contributed by atoms with E-state index in [4.69, 9.17) is 0 Å². The molecule has 4 heteroatoms. The molecule has 0 saturated heterocycles. The van der Waals surface area contributed by atoms with Crippen LogP contribution in [0.15, 0.2) is 6.07 Å². The van der Waals surface area contributed by atoms with E-state index in [9.17, 15) is 9.90 Å². The van der Waals surface area contributed by atoms with Gasteiger partial charge in [-0.25, -0.2) is 0 Å². The maximum absolute atomic E-state index is 12.3. The summed E-state index contributed by atoms with van der Waals surface area (Å²) in [5.74, 6) is 0.0133. The van der Waals surface area contributed by atoms with Crippen molar-refractivity contribution >= 4 is 17.2 Å². The predicted octanol–water partition coefficient (Wildman–Crippen LogP) is 2.90. The molecule has 1 fully saturated rings. The fourth-order valence-electron chi connectivity index (χ4n) is 2.88. The van der Waals surface area contributed by atoms with Gasteiger partial charge in [0, 0.05) is 16.3 Å². The fourth-order valence-corrected chi connectivity index (χ4v) is 3.90. The molecule has 19 heavy (non-hydrogen) atoms. The number of carbonyl (C=O) groups excluding carboxylic acids is 1. The first-order valence-corrected chi connectivity index (χ1v) is 7.83. The van der Waals surface area contributed by atoms with Crippen molar-refractivity contribution in [3.8, 4) is 0 Å². The lowest BCUT2D eigenvalue weighted by molar-refractivity contribution is 0.0834. The summed E-state index contributed by atoms with van der Waals surface area (Å²) in [5, 5.41) is 12.6. The highest BCUT2D eigenvalue weighted by Crippen LogP contribution is 2.37. The van der Waals surface area contributed by atoms with E-state index in [0.29, 0.717) is 0 Å². The molecule has 2 unspecified atom stereocenters. The molecule has 1 aliphatic carbocycles. The number of hydrogen-bond donors (Lipinski definition) is 2. The average molecular weight is 281 g/mol. The highest BCUT2D eigenvalue weighted by atomic mass is 32.1. The van der Waals surface area contributed by atoms with Crippen LogP contribution >= 0.6 is 11.3 Å². The zero-order valence-electron chi connectivity index (χ0n) is 12.0. The van der Waals surface area contributed by atoms with Crippen molar-refractivity contribution in [2.75, 3.05) is 6.61 Å². The van der Waals surface area contributed by atoms with Crippen molar-refractivity contribution in [1.29, 1.82) is 0 Å². The second-order valence-electron chi connectivity index (χ2n) is 5.80. The number of aliphatic hydroxyl groups is 1.